The van der Waals surface area contributed by atoms with Crippen LogP contribution in [0.3, 0.4) is 0 Å². The van der Waals surface area contributed by atoms with Crippen LogP contribution in [0.5, 0.6) is 5.75 Å². The Hall–Kier alpha value is -3.27. The highest BCUT2D eigenvalue weighted by atomic mass is 35.5. The third-order valence-electron chi connectivity index (χ3n) is 7.91. The van der Waals surface area contributed by atoms with Crippen LogP contribution in [0.1, 0.15) is 56.6 Å². The van der Waals surface area contributed by atoms with Crippen LogP contribution < -0.4 is 14.4 Å². The van der Waals surface area contributed by atoms with Crippen LogP contribution in [-0.2, 0) is 26.2 Å². The van der Waals surface area contributed by atoms with Crippen molar-refractivity contribution in [3.63, 3.8) is 0 Å². The minimum Gasteiger partial charge on any atom is -0.497 e. The third-order valence-corrected chi connectivity index (χ3v) is 10.2. The highest BCUT2D eigenvalue weighted by molar-refractivity contribution is 7.92. The van der Waals surface area contributed by atoms with Crippen molar-refractivity contribution >= 4 is 50.7 Å². The van der Waals surface area contributed by atoms with E-state index in [2.05, 4.69) is 5.32 Å². The molecule has 1 fully saturated rings. The monoisotopic (exact) mass is 659 g/mol. The third kappa shape index (κ3) is 8.25. The number of methoxy groups -OCH3 is 1. The number of aryl methyl sites for hydroxylation is 1. The van der Waals surface area contributed by atoms with Gasteiger partial charge in [0.1, 0.15) is 18.3 Å². The van der Waals surface area contributed by atoms with Gasteiger partial charge in [0, 0.05) is 17.6 Å². The number of nitrogens with zero attached hydrogens (tertiary/aromatic N) is 2. The lowest BCUT2D eigenvalue weighted by molar-refractivity contribution is -0.140. The highest BCUT2D eigenvalue weighted by Gasteiger charge is 2.35. The number of sulfonamides is 1. The molecular weight excluding hydrogens is 621 g/mol. The normalized spacial score (nSPS) is 14.5. The summed E-state index contributed by atoms with van der Waals surface area (Å²) in [5.74, 6) is -0.159. The predicted molar refractivity (Wildman–Crippen MR) is 175 cm³/mol. The number of hydrogen-bond acceptors (Lipinski definition) is 5. The fourth-order valence-corrected chi connectivity index (χ4v) is 7.28. The van der Waals surface area contributed by atoms with E-state index < -0.39 is 28.5 Å². The van der Waals surface area contributed by atoms with Gasteiger partial charge in [0.05, 0.1) is 22.7 Å². The number of amides is 2. The van der Waals surface area contributed by atoms with Crippen LogP contribution in [0.25, 0.3) is 0 Å². The van der Waals surface area contributed by atoms with E-state index in [1.165, 1.54) is 29.2 Å². The van der Waals surface area contributed by atoms with E-state index >= 15 is 0 Å². The molecule has 0 aromatic heterocycles. The SMILES string of the molecule is CC[C@H](C(=O)NC1CCCCC1)N(Cc1ccc(OC)cc1)C(=O)CN(c1cc(Cl)ccc1Cl)S(=O)(=O)c1ccc(C)cc1. The van der Waals surface area contributed by atoms with Crippen LogP contribution in [0.4, 0.5) is 5.69 Å². The number of halogens is 2. The van der Waals surface area contributed by atoms with Gasteiger partial charge >= 0.3 is 0 Å². The summed E-state index contributed by atoms with van der Waals surface area (Å²) in [6.45, 7) is 3.18. The lowest BCUT2D eigenvalue weighted by Crippen LogP contribution is -2.54. The molecule has 44 heavy (non-hydrogen) atoms. The van der Waals surface area contributed by atoms with Gasteiger partial charge in [-0.2, -0.15) is 0 Å². The zero-order valence-electron chi connectivity index (χ0n) is 25.3. The van der Waals surface area contributed by atoms with E-state index in [0.717, 1.165) is 47.5 Å². The molecule has 0 bridgehead atoms. The van der Waals surface area contributed by atoms with Crippen LogP contribution in [-0.4, -0.2) is 50.9 Å². The van der Waals surface area contributed by atoms with Crippen molar-refractivity contribution in [1.82, 2.24) is 10.2 Å². The second-order valence-electron chi connectivity index (χ2n) is 11.1. The molecule has 1 atom stereocenters. The first-order chi connectivity index (χ1) is 21.0. The molecule has 8 nitrogen and oxygen atoms in total. The average Bonchev–Trinajstić information content (AvgIpc) is 3.02. The van der Waals surface area contributed by atoms with Gasteiger partial charge in [-0.15, -0.1) is 0 Å². The van der Waals surface area contributed by atoms with Gasteiger partial charge in [-0.3, -0.25) is 13.9 Å². The largest absolute Gasteiger partial charge is 0.497 e. The molecule has 236 valence electrons. The number of carbonyl (C=O) groups excluding carboxylic acids is 2. The zero-order chi connectivity index (χ0) is 31.9. The zero-order valence-corrected chi connectivity index (χ0v) is 27.6. The Morgan fingerprint density at radius 3 is 2.25 bits per heavy atom. The molecule has 4 rings (SSSR count). The first-order valence-electron chi connectivity index (χ1n) is 14.8. The number of benzene rings is 3. The van der Waals surface area contributed by atoms with Crippen molar-refractivity contribution in [2.45, 2.75) is 75.9 Å². The molecule has 1 aliphatic rings. The van der Waals surface area contributed by atoms with E-state index in [-0.39, 0.29) is 39.1 Å². The fraction of sp³-hybridized carbons (Fsp3) is 0.394. The molecule has 0 spiro atoms. The van der Waals surface area contributed by atoms with Crippen molar-refractivity contribution in [3.8, 4) is 5.75 Å². The van der Waals surface area contributed by atoms with Crippen molar-refractivity contribution in [2.75, 3.05) is 18.0 Å². The van der Waals surface area contributed by atoms with E-state index in [9.17, 15) is 18.0 Å². The summed E-state index contributed by atoms with van der Waals surface area (Å²) >= 11 is 12.8. The Balaban J connectivity index is 1.73. The van der Waals surface area contributed by atoms with Gasteiger partial charge < -0.3 is 15.0 Å². The van der Waals surface area contributed by atoms with E-state index in [4.69, 9.17) is 27.9 Å². The van der Waals surface area contributed by atoms with Crippen molar-refractivity contribution in [3.05, 3.63) is 87.9 Å². The molecule has 0 saturated heterocycles. The minimum atomic E-state index is -4.27. The van der Waals surface area contributed by atoms with E-state index in [1.807, 2.05) is 26.0 Å². The molecular formula is C33H39Cl2N3O5S. The topological polar surface area (TPSA) is 96.0 Å². The van der Waals surface area contributed by atoms with Crippen molar-refractivity contribution < 1.29 is 22.7 Å². The van der Waals surface area contributed by atoms with E-state index in [1.54, 1.807) is 37.4 Å². The smallest absolute Gasteiger partial charge is 0.264 e. The summed E-state index contributed by atoms with van der Waals surface area (Å²) in [5.41, 5.74) is 1.71. The summed E-state index contributed by atoms with van der Waals surface area (Å²) in [6, 6.07) is 17.2. The number of carbonyl (C=O) groups is 2. The molecule has 2 amide bonds. The van der Waals surface area contributed by atoms with Gasteiger partial charge in [-0.05, 0) is 74.2 Å². The van der Waals surface area contributed by atoms with Crippen molar-refractivity contribution in [2.24, 2.45) is 0 Å². The molecule has 3 aromatic rings. The average molecular weight is 661 g/mol. The molecule has 0 unspecified atom stereocenters. The lowest BCUT2D eigenvalue weighted by atomic mass is 9.95. The first-order valence-corrected chi connectivity index (χ1v) is 17.0. The lowest BCUT2D eigenvalue weighted by Gasteiger charge is -2.34. The van der Waals surface area contributed by atoms with E-state index in [0.29, 0.717) is 12.2 Å². The number of ether oxygens (including phenoxy) is 1. The fourth-order valence-electron chi connectivity index (χ4n) is 5.42. The quantitative estimate of drug-likeness (QED) is 0.232. The highest BCUT2D eigenvalue weighted by Crippen LogP contribution is 2.33. The Morgan fingerprint density at radius 1 is 0.977 bits per heavy atom. The van der Waals surface area contributed by atoms with Crippen LogP contribution >= 0.6 is 23.2 Å². The van der Waals surface area contributed by atoms with Crippen LogP contribution in [0.15, 0.2) is 71.6 Å². The number of nitrogens with one attached hydrogen (secondary N) is 1. The van der Waals surface area contributed by atoms with Gasteiger partial charge in [0.25, 0.3) is 10.0 Å². The summed E-state index contributed by atoms with van der Waals surface area (Å²) in [7, 11) is -2.70. The minimum absolute atomic E-state index is 0.00395. The molecule has 11 heteroatoms. The summed E-state index contributed by atoms with van der Waals surface area (Å²) in [4.78, 5) is 29.5. The maximum atomic E-state index is 14.3. The molecule has 0 radical (unpaired) electrons. The molecule has 1 aliphatic carbocycles. The standard InChI is InChI=1S/C33H39Cl2N3O5S/c1-4-30(33(40)36-26-8-6-5-7-9-26)37(21-24-12-15-27(43-3)16-13-24)32(39)22-38(31-20-25(34)14-19-29(31)35)44(41,42)28-17-10-23(2)11-18-28/h10-20,26,30H,4-9,21-22H2,1-3H3,(H,36,40)/t30-/m1/s1. The number of rotatable bonds is 12. The summed E-state index contributed by atoms with van der Waals surface area (Å²) < 4.78 is 34.4. The van der Waals surface area contributed by atoms with Gasteiger partial charge in [-0.1, -0.05) is 79.2 Å². The second kappa shape index (κ2) is 15.1. The number of hydrogen-bond donors (Lipinski definition) is 1. The van der Waals surface area contributed by atoms with Gasteiger partial charge in [0.15, 0.2) is 0 Å². The maximum Gasteiger partial charge on any atom is 0.264 e. The molecule has 3 aromatic carbocycles. The Morgan fingerprint density at radius 2 is 1.64 bits per heavy atom. The Bertz CT molecular complexity index is 1540. The molecule has 1 saturated carbocycles. The first kappa shape index (κ1) is 33.6. The Kier molecular flexibility index (Phi) is 11.6. The predicted octanol–water partition coefficient (Wildman–Crippen LogP) is 6.76. The molecule has 0 aliphatic heterocycles. The Labute approximate surface area is 270 Å². The van der Waals surface area contributed by atoms with Gasteiger partial charge in [0.2, 0.25) is 11.8 Å². The van der Waals surface area contributed by atoms with Crippen LogP contribution in [0.2, 0.25) is 10.0 Å². The molecule has 0 heterocycles. The maximum absolute atomic E-state index is 14.3. The molecule has 1 N–H and O–H groups in total. The van der Waals surface area contributed by atoms with Crippen molar-refractivity contribution in [1.29, 1.82) is 0 Å². The summed E-state index contributed by atoms with van der Waals surface area (Å²) in [5, 5.41) is 3.52. The summed E-state index contributed by atoms with van der Waals surface area (Å²) in [6.07, 6.45) is 5.35. The van der Waals surface area contributed by atoms with Crippen LogP contribution in [0, 0.1) is 6.92 Å². The second-order valence-corrected chi connectivity index (χ2v) is 13.8. The number of anilines is 1. The van der Waals surface area contributed by atoms with Gasteiger partial charge in [-0.25, -0.2) is 8.42 Å².